The van der Waals surface area contributed by atoms with Crippen LogP contribution < -0.4 is 10.9 Å². The molecular formula is C23H18ClN3O2. The van der Waals surface area contributed by atoms with Crippen molar-refractivity contribution in [2.75, 3.05) is 5.32 Å². The van der Waals surface area contributed by atoms with Gasteiger partial charge in [-0.1, -0.05) is 23.7 Å². The molecule has 0 aliphatic heterocycles. The van der Waals surface area contributed by atoms with Gasteiger partial charge in [0.25, 0.3) is 11.5 Å². The summed E-state index contributed by atoms with van der Waals surface area (Å²) in [6.07, 6.45) is 0. The van der Waals surface area contributed by atoms with Crippen LogP contribution in [0.4, 0.5) is 5.69 Å². The Labute approximate surface area is 172 Å². The molecule has 1 N–H and O–H groups in total. The second-order valence-electron chi connectivity index (χ2n) is 6.78. The number of nitrogens with one attached hydrogen (secondary N) is 1. The fourth-order valence-corrected chi connectivity index (χ4v) is 3.50. The molecule has 5 nitrogen and oxygen atoms in total. The molecule has 144 valence electrons. The molecule has 0 aliphatic rings. The van der Waals surface area contributed by atoms with Gasteiger partial charge in [0.05, 0.1) is 16.6 Å². The monoisotopic (exact) mass is 403 g/mol. The van der Waals surface area contributed by atoms with Crippen molar-refractivity contribution in [1.82, 2.24) is 9.55 Å². The number of hydrogen-bond donors (Lipinski definition) is 1. The largest absolute Gasteiger partial charge is 0.322 e. The minimum Gasteiger partial charge on any atom is -0.322 e. The summed E-state index contributed by atoms with van der Waals surface area (Å²) < 4.78 is 1.55. The highest BCUT2D eigenvalue weighted by Gasteiger charge is 2.12. The van der Waals surface area contributed by atoms with E-state index in [0.29, 0.717) is 38.7 Å². The highest BCUT2D eigenvalue weighted by molar-refractivity contribution is 6.30. The molecule has 6 heteroatoms. The van der Waals surface area contributed by atoms with E-state index in [4.69, 9.17) is 11.6 Å². The number of benzene rings is 3. The topological polar surface area (TPSA) is 64.0 Å². The van der Waals surface area contributed by atoms with Gasteiger partial charge in [0.1, 0.15) is 5.82 Å². The first-order chi connectivity index (χ1) is 13.9. The predicted molar refractivity (Wildman–Crippen MR) is 116 cm³/mol. The van der Waals surface area contributed by atoms with E-state index >= 15 is 0 Å². The molecule has 1 aromatic heterocycles. The number of halogens is 1. The Bertz CT molecular complexity index is 1290. The van der Waals surface area contributed by atoms with E-state index < -0.39 is 0 Å². The number of aromatic nitrogens is 2. The van der Waals surface area contributed by atoms with E-state index in [9.17, 15) is 9.59 Å². The van der Waals surface area contributed by atoms with Gasteiger partial charge >= 0.3 is 0 Å². The molecule has 3 aromatic carbocycles. The van der Waals surface area contributed by atoms with Crippen molar-refractivity contribution in [1.29, 1.82) is 0 Å². The third-order valence-electron chi connectivity index (χ3n) is 4.77. The molecule has 0 aliphatic carbocycles. The van der Waals surface area contributed by atoms with Gasteiger partial charge in [-0.3, -0.25) is 14.2 Å². The third kappa shape index (κ3) is 3.65. The van der Waals surface area contributed by atoms with Crippen molar-refractivity contribution in [2.45, 2.75) is 13.8 Å². The third-order valence-corrected chi connectivity index (χ3v) is 5.00. The van der Waals surface area contributed by atoms with Crippen molar-refractivity contribution in [3.8, 4) is 5.69 Å². The molecule has 0 radical (unpaired) electrons. The van der Waals surface area contributed by atoms with Crippen LogP contribution in [0.2, 0.25) is 5.02 Å². The van der Waals surface area contributed by atoms with Crippen molar-refractivity contribution < 1.29 is 4.79 Å². The van der Waals surface area contributed by atoms with Crippen LogP contribution in [0.5, 0.6) is 0 Å². The summed E-state index contributed by atoms with van der Waals surface area (Å²) in [6, 6.07) is 19.4. The summed E-state index contributed by atoms with van der Waals surface area (Å²) in [4.78, 5) is 30.0. The average Bonchev–Trinajstić information content (AvgIpc) is 2.70. The molecule has 4 aromatic rings. The van der Waals surface area contributed by atoms with Crippen LogP contribution in [-0.4, -0.2) is 15.5 Å². The number of aryl methyl sites for hydroxylation is 2. The molecule has 0 unspecified atom stereocenters. The molecule has 1 amide bonds. The quantitative estimate of drug-likeness (QED) is 0.528. The van der Waals surface area contributed by atoms with E-state index in [-0.39, 0.29) is 11.5 Å². The number of para-hydroxylation sites is 1. The summed E-state index contributed by atoms with van der Waals surface area (Å²) in [5, 5.41) is 4.06. The Morgan fingerprint density at radius 2 is 1.72 bits per heavy atom. The lowest BCUT2D eigenvalue weighted by atomic mass is 10.1. The summed E-state index contributed by atoms with van der Waals surface area (Å²) in [5.74, 6) is 0.352. The maximum atomic E-state index is 12.9. The van der Waals surface area contributed by atoms with Gasteiger partial charge in [-0.05, 0) is 74.0 Å². The second kappa shape index (κ2) is 7.53. The first kappa shape index (κ1) is 18.9. The molecule has 0 spiro atoms. The van der Waals surface area contributed by atoms with Crippen LogP contribution in [0, 0.1) is 13.8 Å². The van der Waals surface area contributed by atoms with Crippen LogP contribution in [0.1, 0.15) is 21.7 Å². The van der Waals surface area contributed by atoms with Crippen LogP contribution in [-0.2, 0) is 0 Å². The van der Waals surface area contributed by atoms with E-state index in [2.05, 4.69) is 10.3 Å². The fraction of sp³-hybridized carbons (Fsp3) is 0.0870. The number of carbonyl (C=O) groups excluding carboxylic acids is 1. The number of rotatable bonds is 3. The van der Waals surface area contributed by atoms with Gasteiger partial charge in [-0.2, -0.15) is 0 Å². The predicted octanol–water partition coefficient (Wildman–Crippen LogP) is 4.91. The van der Waals surface area contributed by atoms with Crippen LogP contribution in [0.3, 0.4) is 0 Å². The Kier molecular flexibility index (Phi) is 4.91. The number of anilines is 1. The lowest BCUT2D eigenvalue weighted by Crippen LogP contribution is -2.22. The first-order valence-electron chi connectivity index (χ1n) is 9.10. The summed E-state index contributed by atoms with van der Waals surface area (Å²) in [6.45, 7) is 3.67. The smallest absolute Gasteiger partial charge is 0.265 e. The molecule has 0 atom stereocenters. The summed E-state index contributed by atoms with van der Waals surface area (Å²) in [7, 11) is 0. The number of carbonyl (C=O) groups is 1. The summed E-state index contributed by atoms with van der Waals surface area (Å²) >= 11 is 5.96. The lowest BCUT2D eigenvalue weighted by Gasteiger charge is -2.12. The van der Waals surface area contributed by atoms with Crippen molar-refractivity contribution in [2.24, 2.45) is 0 Å². The molecule has 4 rings (SSSR count). The number of hydrogen-bond acceptors (Lipinski definition) is 3. The minimum atomic E-state index is -0.234. The van der Waals surface area contributed by atoms with E-state index in [1.54, 1.807) is 60.0 Å². The Morgan fingerprint density at radius 3 is 2.45 bits per heavy atom. The van der Waals surface area contributed by atoms with Crippen molar-refractivity contribution in [3.05, 3.63) is 99.1 Å². The van der Waals surface area contributed by atoms with Crippen LogP contribution in [0.15, 0.2) is 71.5 Å². The molecular weight excluding hydrogens is 386 g/mol. The zero-order valence-corrected chi connectivity index (χ0v) is 16.7. The van der Waals surface area contributed by atoms with E-state index in [0.717, 1.165) is 5.56 Å². The van der Waals surface area contributed by atoms with Gasteiger partial charge in [0, 0.05) is 16.3 Å². The number of fused-ring (bicyclic) bond motifs is 1. The van der Waals surface area contributed by atoms with Crippen LogP contribution >= 0.6 is 11.6 Å². The SMILES string of the molecule is Cc1cc(Cl)ccc1NC(=O)c1ccc(-n2c(C)nc3ccccc3c2=O)cc1. The maximum absolute atomic E-state index is 12.9. The average molecular weight is 404 g/mol. The van der Waals surface area contributed by atoms with Crippen molar-refractivity contribution in [3.63, 3.8) is 0 Å². The minimum absolute atomic E-state index is 0.137. The molecule has 0 bridgehead atoms. The lowest BCUT2D eigenvalue weighted by molar-refractivity contribution is 0.102. The second-order valence-corrected chi connectivity index (χ2v) is 7.21. The van der Waals surface area contributed by atoms with Gasteiger partial charge in [-0.15, -0.1) is 0 Å². The standard InChI is InChI=1S/C23H18ClN3O2/c1-14-13-17(24)9-12-20(14)26-22(28)16-7-10-18(11-8-16)27-15(2)25-21-6-4-3-5-19(21)23(27)29/h3-13H,1-2H3,(H,26,28). The van der Waals surface area contributed by atoms with Gasteiger partial charge in [0.2, 0.25) is 0 Å². The van der Waals surface area contributed by atoms with Crippen molar-refractivity contribution >= 4 is 34.1 Å². The molecule has 29 heavy (non-hydrogen) atoms. The normalized spacial score (nSPS) is 10.9. The number of nitrogens with zero attached hydrogens (tertiary/aromatic N) is 2. The van der Waals surface area contributed by atoms with Crippen LogP contribution in [0.25, 0.3) is 16.6 Å². The summed E-state index contributed by atoms with van der Waals surface area (Å²) in [5.41, 5.74) is 3.26. The van der Waals surface area contributed by atoms with Gasteiger partial charge in [-0.25, -0.2) is 4.98 Å². The molecule has 1 heterocycles. The highest BCUT2D eigenvalue weighted by atomic mass is 35.5. The maximum Gasteiger partial charge on any atom is 0.265 e. The zero-order valence-electron chi connectivity index (χ0n) is 15.9. The molecule has 0 saturated carbocycles. The Balaban J connectivity index is 1.65. The van der Waals surface area contributed by atoms with E-state index in [1.807, 2.05) is 25.1 Å². The molecule has 0 saturated heterocycles. The Morgan fingerprint density at radius 1 is 1.00 bits per heavy atom. The first-order valence-corrected chi connectivity index (χ1v) is 9.48. The zero-order chi connectivity index (χ0) is 20.5. The van der Waals surface area contributed by atoms with Gasteiger partial charge < -0.3 is 5.32 Å². The Hall–Kier alpha value is -3.44. The van der Waals surface area contributed by atoms with E-state index in [1.165, 1.54) is 0 Å². The van der Waals surface area contributed by atoms with Gasteiger partial charge in [0.15, 0.2) is 0 Å². The highest BCUT2D eigenvalue weighted by Crippen LogP contribution is 2.21. The number of amides is 1. The molecule has 0 fully saturated rings. The fourth-order valence-electron chi connectivity index (χ4n) is 3.27.